The number of nitrogens with zero attached hydrogens (tertiary/aromatic N) is 1. The molecular weight excluding hydrogens is 307 g/mol. The fraction of sp³-hybridized carbons (Fsp3) is 0.250. The first-order valence-corrected chi connectivity index (χ1v) is 5.79. The Labute approximate surface area is 146 Å². The second-order valence-corrected chi connectivity index (χ2v) is 4.08. The molecule has 1 aromatic rings. The van der Waals surface area contributed by atoms with Crippen molar-refractivity contribution in [1.82, 2.24) is 5.32 Å². The molecule has 0 radical (unpaired) electrons. The van der Waals surface area contributed by atoms with Crippen LogP contribution in [0.2, 0.25) is 0 Å². The van der Waals surface area contributed by atoms with Crippen LogP contribution in [-0.2, 0) is 9.59 Å². The van der Waals surface area contributed by atoms with E-state index < -0.39 is 35.2 Å². The van der Waals surface area contributed by atoms with Crippen LogP contribution in [0.1, 0.15) is 23.2 Å². The van der Waals surface area contributed by atoms with Crippen LogP contribution in [0.4, 0.5) is 5.69 Å². The molecule has 0 saturated heterocycles. The Hall–Kier alpha value is -1.97. The molecule has 0 aliphatic carbocycles. The minimum Gasteiger partial charge on any atom is -0.550 e. The van der Waals surface area contributed by atoms with Crippen molar-refractivity contribution >= 4 is 23.5 Å². The summed E-state index contributed by atoms with van der Waals surface area (Å²) in [5.41, 5.74) is -0.182. The molecule has 10 heteroatoms. The number of nitro benzene ring substituents is 1. The summed E-state index contributed by atoms with van der Waals surface area (Å²) >= 11 is 0. The number of nitrogens with one attached hydrogen (secondary N) is 1. The third-order valence-electron chi connectivity index (χ3n) is 2.58. The molecule has 1 amide bonds. The monoisotopic (exact) mass is 318 g/mol. The number of hydrogen-bond donors (Lipinski definition) is 2. The van der Waals surface area contributed by atoms with Gasteiger partial charge in [0.25, 0.3) is 11.6 Å². The average molecular weight is 318 g/mol. The zero-order chi connectivity index (χ0) is 16.0. The van der Waals surface area contributed by atoms with Crippen molar-refractivity contribution in [3.8, 4) is 0 Å². The minimum atomic E-state index is -1.43. The summed E-state index contributed by atoms with van der Waals surface area (Å²) in [5, 5.41) is 31.8. The Morgan fingerprint density at radius 1 is 1.23 bits per heavy atom. The van der Waals surface area contributed by atoms with Gasteiger partial charge in [0.2, 0.25) is 0 Å². The van der Waals surface area contributed by atoms with Gasteiger partial charge in [-0.15, -0.1) is 0 Å². The molecule has 0 unspecified atom stereocenters. The van der Waals surface area contributed by atoms with E-state index in [-0.39, 0.29) is 47.2 Å². The number of non-ortho nitro benzene ring substituents is 1. The maximum absolute atomic E-state index is 11.8. The first-order valence-electron chi connectivity index (χ1n) is 5.79. The molecule has 9 nitrogen and oxygen atoms in total. The molecule has 112 valence electrons. The van der Waals surface area contributed by atoms with Crippen LogP contribution < -0.4 is 40.0 Å². The molecule has 0 aliphatic heterocycles. The summed E-state index contributed by atoms with van der Waals surface area (Å²) in [6.45, 7) is 0. The first kappa shape index (κ1) is 20.0. The van der Waals surface area contributed by atoms with Crippen molar-refractivity contribution in [3.63, 3.8) is 0 Å². The summed E-state index contributed by atoms with van der Waals surface area (Å²) in [6, 6.07) is 3.17. The third kappa shape index (κ3) is 6.20. The fourth-order valence-electron chi connectivity index (χ4n) is 1.50. The van der Waals surface area contributed by atoms with E-state index in [4.69, 9.17) is 5.11 Å². The van der Waals surface area contributed by atoms with Crippen molar-refractivity contribution in [2.75, 3.05) is 0 Å². The van der Waals surface area contributed by atoms with Gasteiger partial charge in [0.15, 0.2) is 0 Å². The number of benzene rings is 1. The quantitative estimate of drug-likeness (QED) is 0.298. The average Bonchev–Trinajstić information content (AvgIpc) is 2.42. The molecular formula is C12H11N2NaO7. The number of carboxylic acids is 2. The van der Waals surface area contributed by atoms with Crippen molar-refractivity contribution in [2.45, 2.75) is 18.9 Å². The molecule has 0 fully saturated rings. The van der Waals surface area contributed by atoms with E-state index in [2.05, 4.69) is 5.32 Å². The zero-order valence-corrected chi connectivity index (χ0v) is 13.6. The number of aliphatic carboxylic acids is 2. The molecule has 0 aromatic heterocycles. The predicted octanol–water partition coefficient (Wildman–Crippen LogP) is -3.69. The Morgan fingerprint density at radius 2 is 1.77 bits per heavy atom. The Bertz CT molecular complexity index is 573. The number of carbonyl (C=O) groups excluding carboxylic acids is 2. The van der Waals surface area contributed by atoms with Crippen LogP contribution in [0.3, 0.4) is 0 Å². The van der Waals surface area contributed by atoms with E-state index in [0.717, 1.165) is 12.1 Å². The van der Waals surface area contributed by atoms with Gasteiger partial charge < -0.3 is 20.3 Å². The van der Waals surface area contributed by atoms with Crippen LogP contribution in [0.15, 0.2) is 24.3 Å². The van der Waals surface area contributed by atoms with E-state index in [0.29, 0.717) is 0 Å². The number of carbonyl (C=O) groups is 3. The van der Waals surface area contributed by atoms with Crippen molar-refractivity contribution in [2.24, 2.45) is 0 Å². The van der Waals surface area contributed by atoms with Gasteiger partial charge in [0.05, 0.1) is 4.92 Å². The molecule has 1 atom stereocenters. The largest absolute Gasteiger partial charge is 1.00 e. The number of amides is 1. The maximum atomic E-state index is 11.8. The molecule has 0 bridgehead atoms. The number of rotatable bonds is 7. The number of carboxylic acid groups (broad SMARTS) is 2. The maximum Gasteiger partial charge on any atom is 1.00 e. The second kappa shape index (κ2) is 9.13. The Kier molecular flexibility index (Phi) is 8.31. The molecule has 0 aliphatic rings. The Morgan fingerprint density at radius 3 is 2.18 bits per heavy atom. The van der Waals surface area contributed by atoms with E-state index in [1.807, 2.05) is 0 Å². The third-order valence-corrected chi connectivity index (χ3v) is 2.58. The van der Waals surface area contributed by atoms with Gasteiger partial charge in [0.1, 0.15) is 6.04 Å². The van der Waals surface area contributed by atoms with Crippen LogP contribution in [0, 0.1) is 10.1 Å². The van der Waals surface area contributed by atoms with Crippen LogP contribution >= 0.6 is 0 Å². The number of nitro groups is 1. The molecule has 2 N–H and O–H groups in total. The van der Waals surface area contributed by atoms with E-state index in [9.17, 15) is 29.6 Å². The van der Waals surface area contributed by atoms with Gasteiger partial charge in [-0.1, -0.05) is 0 Å². The van der Waals surface area contributed by atoms with E-state index in [1.165, 1.54) is 12.1 Å². The number of hydrogen-bond acceptors (Lipinski definition) is 6. The summed E-state index contributed by atoms with van der Waals surface area (Å²) in [6.07, 6.45) is -0.839. The summed E-state index contributed by atoms with van der Waals surface area (Å²) in [5.74, 6) is -3.58. The smallest absolute Gasteiger partial charge is 0.550 e. The summed E-state index contributed by atoms with van der Waals surface area (Å²) in [4.78, 5) is 42.8. The Balaban J connectivity index is 0.00000441. The van der Waals surface area contributed by atoms with Gasteiger partial charge in [-0.05, 0) is 25.0 Å². The van der Waals surface area contributed by atoms with Gasteiger partial charge in [0, 0.05) is 23.7 Å². The molecule has 0 saturated carbocycles. The topological polar surface area (TPSA) is 150 Å². The minimum absolute atomic E-state index is 0. The van der Waals surface area contributed by atoms with Crippen LogP contribution in [0.25, 0.3) is 0 Å². The summed E-state index contributed by atoms with van der Waals surface area (Å²) < 4.78 is 0. The van der Waals surface area contributed by atoms with Crippen molar-refractivity contribution in [3.05, 3.63) is 39.9 Å². The van der Waals surface area contributed by atoms with E-state index >= 15 is 0 Å². The van der Waals surface area contributed by atoms with Gasteiger partial charge >= 0.3 is 35.5 Å². The predicted molar refractivity (Wildman–Crippen MR) is 66.2 cm³/mol. The standard InChI is InChI=1S/C12H12N2O7.Na/c15-10(16)6-5-9(12(18)19)13-11(17)7-1-3-8(4-2-7)14(20)21;/h1-4,9H,5-6H2,(H,13,17)(H,15,16)(H,18,19);/q;+1/p-1/t9-;/m0./s1. The molecule has 0 heterocycles. The summed E-state index contributed by atoms with van der Waals surface area (Å²) in [7, 11) is 0. The molecule has 1 aromatic carbocycles. The molecule has 1 rings (SSSR count). The first-order chi connectivity index (χ1) is 9.81. The van der Waals surface area contributed by atoms with E-state index in [1.54, 1.807) is 0 Å². The van der Waals surface area contributed by atoms with Gasteiger partial charge in [-0.3, -0.25) is 14.9 Å². The van der Waals surface area contributed by atoms with Gasteiger partial charge in [-0.25, -0.2) is 4.79 Å². The van der Waals surface area contributed by atoms with Crippen molar-refractivity contribution in [1.29, 1.82) is 0 Å². The zero-order valence-electron chi connectivity index (χ0n) is 11.6. The second-order valence-electron chi connectivity index (χ2n) is 4.08. The SMILES string of the molecule is O=C([O-])CC[C@H](NC(=O)c1ccc([N+](=O)[O-])cc1)C(=O)O.[Na+]. The van der Waals surface area contributed by atoms with Crippen LogP contribution in [-0.4, -0.2) is 33.9 Å². The normalized spacial score (nSPS) is 10.9. The molecule has 0 spiro atoms. The van der Waals surface area contributed by atoms with Crippen molar-refractivity contribution < 1.29 is 59.1 Å². The fourth-order valence-corrected chi connectivity index (χ4v) is 1.50. The van der Waals surface area contributed by atoms with Gasteiger partial charge in [-0.2, -0.15) is 0 Å². The van der Waals surface area contributed by atoms with Crippen LogP contribution in [0.5, 0.6) is 0 Å². The molecule has 22 heavy (non-hydrogen) atoms.